The van der Waals surface area contributed by atoms with Gasteiger partial charge in [0.15, 0.2) is 0 Å². The van der Waals surface area contributed by atoms with Gasteiger partial charge in [-0.15, -0.1) is 0 Å². The maximum absolute atomic E-state index is 9.17. The number of pyridine rings is 1. The molecule has 2 aromatic heterocycles. The van der Waals surface area contributed by atoms with Gasteiger partial charge in [0.2, 0.25) is 0 Å². The number of nitrogens with zero attached hydrogens (tertiary/aromatic N) is 2. The minimum absolute atomic E-state index is 0.633. The lowest BCUT2D eigenvalue weighted by molar-refractivity contribution is 1.08. The molecule has 0 saturated heterocycles. The van der Waals surface area contributed by atoms with Crippen molar-refractivity contribution in [2.75, 3.05) is 5.32 Å². The molecule has 0 aliphatic rings. The van der Waals surface area contributed by atoms with Crippen LogP contribution < -0.4 is 5.32 Å². The molecule has 0 saturated carbocycles. The Labute approximate surface area is 111 Å². The Morgan fingerprint density at radius 1 is 1.33 bits per heavy atom. The Morgan fingerprint density at radius 2 is 2.11 bits per heavy atom. The predicted molar refractivity (Wildman–Crippen MR) is 74.8 cm³/mol. The lowest BCUT2D eigenvalue weighted by Gasteiger charge is -2.10. The summed E-state index contributed by atoms with van der Waals surface area (Å²) in [4.78, 5) is 4.31. The Morgan fingerprint density at radius 3 is 2.72 bits per heavy atom. The highest BCUT2D eigenvalue weighted by atomic mass is 32.1. The summed E-state index contributed by atoms with van der Waals surface area (Å²) in [6, 6.07) is 4.14. The lowest BCUT2D eigenvalue weighted by atomic mass is 10.1. The van der Waals surface area contributed by atoms with E-state index in [4.69, 9.17) is 0 Å². The summed E-state index contributed by atoms with van der Waals surface area (Å²) < 4.78 is 0. The summed E-state index contributed by atoms with van der Waals surface area (Å²) >= 11 is 1.70. The molecular weight excluding hydrogens is 242 g/mol. The highest BCUT2D eigenvalue weighted by molar-refractivity contribution is 7.08. The van der Waals surface area contributed by atoms with E-state index in [1.807, 2.05) is 19.9 Å². The minimum atomic E-state index is 0.633. The van der Waals surface area contributed by atoms with Crippen LogP contribution in [0.15, 0.2) is 16.8 Å². The van der Waals surface area contributed by atoms with Crippen LogP contribution in [0.3, 0.4) is 0 Å². The van der Waals surface area contributed by atoms with Crippen molar-refractivity contribution in [3.05, 3.63) is 44.9 Å². The van der Waals surface area contributed by atoms with E-state index in [1.165, 1.54) is 11.1 Å². The fraction of sp³-hybridized carbons (Fsp3) is 0.286. The summed E-state index contributed by atoms with van der Waals surface area (Å²) in [7, 11) is 0. The molecule has 1 N–H and O–H groups in total. The third kappa shape index (κ3) is 2.52. The van der Waals surface area contributed by atoms with Crippen molar-refractivity contribution >= 4 is 17.0 Å². The number of rotatable bonds is 3. The highest BCUT2D eigenvalue weighted by Gasteiger charge is 2.08. The molecule has 0 bridgehead atoms. The number of hydrogen-bond acceptors (Lipinski definition) is 4. The standard InChI is InChI=1S/C14H15N3S/c1-9-7-18-8-12(9)6-16-14-4-10(2)17-11(3)13(14)5-15/h4,7-8H,6H2,1-3H3,(H,16,17). The Balaban J connectivity index is 2.24. The molecule has 2 rings (SSSR count). The summed E-state index contributed by atoms with van der Waals surface area (Å²) in [5, 5.41) is 16.8. The smallest absolute Gasteiger partial charge is 0.103 e. The van der Waals surface area contributed by atoms with E-state index in [9.17, 15) is 5.26 Å². The Hall–Kier alpha value is -1.86. The monoisotopic (exact) mass is 257 g/mol. The molecule has 4 heteroatoms. The normalized spacial score (nSPS) is 10.1. The Kier molecular flexibility index (Phi) is 3.63. The third-order valence-electron chi connectivity index (χ3n) is 2.87. The van der Waals surface area contributed by atoms with Crippen molar-refractivity contribution < 1.29 is 0 Å². The molecule has 2 aromatic rings. The first-order valence-electron chi connectivity index (χ1n) is 5.75. The topological polar surface area (TPSA) is 48.7 Å². The largest absolute Gasteiger partial charge is 0.380 e. The van der Waals surface area contributed by atoms with Crippen LogP contribution in [0.4, 0.5) is 5.69 Å². The zero-order valence-electron chi connectivity index (χ0n) is 10.7. The highest BCUT2D eigenvalue weighted by Crippen LogP contribution is 2.21. The summed E-state index contributed by atoms with van der Waals surface area (Å²) in [5.74, 6) is 0. The van der Waals surface area contributed by atoms with Gasteiger partial charge in [-0.05, 0) is 48.7 Å². The van der Waals surface area contributed by atoms with Crippen molar-refractivity contribution in [3.63, 3.8) is 0 Å². The number of thiophene rings is 1. The number of hydrogen-bond donors (Lipinski definition) is 1. The van der Waals surface area contributed by atoms with E-state index in [2.05, 4.69) is 34.1 Å². The number of aromatic nitrogens is 1. The van der Waals surface area contributed by atoms with E-state index >= 15 is 0 Å². The van der Waals surface area contributed by atoms with Crippen LogP contribution in [0.2, 0.25) is 0 Å². The average molecular weight is 257 g/mol. The number of anilines is 1. The van der Waals surface area contributed by atoms with E-state index in [0.29, 0.717) is 5.56 Å². The number of nitrogens with one attached hydrogen (secondary N) is 1. The maximum atomic E-state index is 9.17. The first-order valence-corrected chi connectivity index (χ1v) is 6.70. The van der Waals surface area contributed by atoms with Gasteiger partial charge in [-0.2, -0.15) is 16.6 Å². The van der Waals surface area contributed by atoms with Gasteiger partial charge in [-0.3, -0.25) is 4.98 Å². The molecule has 0 atom stereocenters. The predicted octanol–water partition coefficient (Wildman–Crippen LogP) is 3.55. The van der Waals surface area contributed by atoms with E-state index < -0.39 is 0 Å². The molecule has 18 heavy (non-hydrogen) atoms. The van der Waals surface area contributed by atoms with Gasteiger partial charge in [0, 0.05) is 12.2 Å². The number of nitriles is 1. The summed E-state index contributed by atoms with van der Waals surface area (Å²) in [6.45, 7) is 6.65. The van der Waals surface area contributed by atoms with E-state index in [1.54, 1.807) is 11.3 Å². The van der Waals surface area contributed by atoms with Crippen LogP contribution in [0.1, 0.15) is 28.1 Å². The van der Waals surface area contributed by atoms with Crippen LogP contribution in [0.5, 0.6) is 0 Å². The molecule has 92 valence electrons. The molecule has 0 aromatic carbocycles. The molecule has 0 fully saturated rings. The molecule has 2 heterocycles. The van der Waals surface area contributed by atoms with Gasteiger partial charge in [0.05, 0.1) is 16.9 Å². The first kappa shape index (κ1) is 12.6. The van der Waals surface area contributed by atoms with Crippen LogP contribution in [-0.4, -0.2) is 4.98 Å². The van der Waals surface area contributed by atoms with E-state index in [-0.39, 0.29) is 0 Å². The summed E-state index contributed by atoms with van der Waals surface area (Å²) in [5.41, 5.74) is 5.77. The number of aryl methyl sites for hydroxylation is 3. The van der Waals surface area contributed by atoms with Gasteiger partial charge in [0.25, 0.3) is 0 Å². The van der Waals surface area contributed by atoms with Gasteiger partial charge in [0.1, 0.15) is 6.07 Å². The SMILES string of the molecule is Cc1cc(NCc2cscc2C)c(C#N)c(C)n1. The second kappa shape index (κ2) is 5.19. The van der Waals surface area contributed by atoms with Crippen LogP contribution in [0.25, 0.3) is 0 Å². The molecule has 0 radical (unpaired) electrons. The fourth-order valence-electron chi connectivity index (χ4n) is 1.87. The Bertz CT molecular complexity index is 608. The van der Waals surface area contributed by atoms with Crippen molar-refractivity contribution in [2.24, 2.45) is 0 Å². The lowest BCUT2D eigenvalue weighted by Crippen LogP contribution is -2.04. The maximum Gasteiger partial charge on any atom is 0.103 e. The zero-order chi connectivity index (χ0) is 13.1. The van der Waals surface area contributed by atoms with Crippen LogP contribution in [-0.2, 0) is 6.54 Å². The first-order chi connectivity index (χ1) is 8.61. The van der Waals surface area contributed by atoms with Crippen LogP contribution in [0, 0.1) is 32.1 Å². The quantitative estimate of drug-likeness (QED) is 0.914. The molecule has 0 unspecified atom stereocenters. The van der Waals surface area contributed by atoms with Crippen molar-refractivity contribution in [3.8, 4) is 6.07 Å². The molecule has 0 aliphatic heterocycles. The van der Waals surface area contributed by atoms with Gasteiger partial charge < -0.3 is 5.32 Å². The zero-order valence-corrected chi connectivity index (χ0v) is 11.6. The second-order valence-corrected chi connectivity index (χ2v) is 5.06. The second-order valence-electron chi connectivity index (χ2n) is 4.32. The molecule has 3 nitrogen and oxygen atoms in total. The fourth-order valence-corrected chi connectivity index (χ4v) is 2.72. The third-order valence-corrected chi connectivity index (χ3v) is 3.78. The summed E-state index contributed by atoms with van der Waals surface area (Å²) in [6.07, 6.45) is 0. The van der Waals surface area contributed by atoms with Gasteiger partial charge >= 0.3 is 0 Å². The average Bonchev–Trinajstić information content (AvgIpc) is 2.71. The van der Waals surface area contributed by atoms with Gasteiger partial charge in [-0.25, -0.2) is 0 Å². The molecule has 0 aliphatic carbocycles. The van der Waals surface area contributed by atoms with Crippen LogP contribution >= 0.6 is 11.3 Å². The van der Waals surface area contributed by atoms with Crippen molar-refractivity contribution in [2.45, 2.75) is 27.3 Å². The van der Waals surface area contributed by atoms with Gasteiger partial charge in [-0.1, -0.05) is 0 Å². The molecule has 0 spiro atoms. The van der Waals surface area contributed by atoms with E-state index in [0.717, 1.165) is 23.6 Å². The molecular formula is C14H15N3S. The van der Waals surface area contributed by atoms with Crippen molar-refractivity contribution in [1.82, 2.24) is 4.98 Å². The van der Waals surface area contributed by atoms with Crippen molar-refractivity contribution in [1.29, 1.82) is 5.26 Å². The molecule has 0 amide bonds. The minimum Gasteiger partial charge on any atom is -0.380 e.